The van der Waals surface area contributed by atoms with Crippen LogP contribution in [-0.2, 0) is 61.6 Å². The molecule has 6 aliphatic heterocycles. The number of hydrogen-bond donors (Lipinski definition) is 17. The normalized spacial score (nSPS) is 55.3. The monoisotopic (exact) mass is 1320 g/mol. The average molecular weight is 1330 g/mol. The molecule has 35 atom stereocenters. The quantitative estimate of drug-likeness (QED) is 0.0415. The van der Waals surface area contributed by atoms with Gasteiger partial charge in [-0.3, -0.25) is 4.79 Å². The summed E-state index contributed by atoms with van der Waals surface area (Å²) >= 11 is 0. The first kappa shape index (κ1) is 71.4. The Morgan fingerprint density at radius 2 is 1.13 bits per heavy atom. The number of carbonyl (C=O) groups excluding carboxylic acids is 1. The predicted octanol–water partition coefficient (Wildman–Crippen LogP) is -4.86. The van der Waals surface area contributed by atoms with Crippen LogP contribution in [0, 0.1) is 50.2 Å². The second-order valence-electron chi connectivity index (χ2n) is 30.2. The molecule has 0 spiro atoms. The summed E-state index contributed by atoms with van der Waals surface area (Å²) in [6.07, 6.45) is -34.9. The first-order valence-corrected chi connectivity index (χ1v) is 32.5. The Bertz CT molecular complexity index is 2610. The van der Waals surface area contributed by atoms with Crippen LogP contribution in [0.4, 0.5) is 0 Å². The molecule has 11 rings (SSSR count). The highest BCUT2D eigenvalue weighted by Gasteiger charge is 2.72. The zero-order valence-corrected chi connectivity index (χ0v) is 53.0. The van der Waals surface area contributed by atoms with Crippen molar-refractivity contribution in [2.45, 2.75) is 272 Å². The molecular weight excluding hydrogens is 1220 g/mol. The van der Waals surface area contributed by atoms with Crippen molar-refractivity contribution in [3.05, 3.63) is 11.6 Å². The van der Waals surface area contributed by atoms with Crippen molar-refractivity contribution in [2.75, 3.05) is 46.2 Å². The lowest BCUT2D eigenvalue weighted by atomic mass is 9.33. The number of ether oxygens (including phenoxy) is 12. The Balaban J connectivity index is 0.785. The molecule has 0 bridgehead atoms. The van der Waals surface area contributed by atoms with E-state index in [1.807, 2.05) is 6.92 Å². The first-order valence-electron chi connectivity index (χ1n) is 32.5. The van der Waals surface area contributed by atoms with Crippen molar-refractivity contribution in [3.8, 4) is 0 Å². The zero-order chi connectivity index (χ0) is 66.9. The molecule has 6 heterocycles. The maximum Gasteiger partial charge on any atom is 0.315 e. The molecule has 4 saturated carbocycles. The van der Waals surface area contributed by atoms with Crippen LogP contribution in [0.15, 0.2) is 11.6 Å². The van der Waals surface area contributed by atoms with Crippen LogP contribution in [0.25, 0.3) is 0 Å². The molecule has 11 aliphatic rings. The number of hydrogen-bond acceptors (Lipinski definition) is 30. The fourth-order valence-electron chi connectivity index (χ4n) is 18.5. The van der Waals surface area contributed by atoms with Crippen LogP contribution in [0.1, 0.15) is 106 Å². The summed E-state index contributed by atoms with van der Waals surface area (Å²) in [5.74, 6) is -1.33. The fraction of sp³-hybridized carbons (Fsp3) is 0.952. The maximum atomic E-state index is 15.5. The molecule has 6 saturated heterocycles. The average Bonchev–Trinajstić information content (AvgIpc) is 0.730. The molecule has 0 aromatic heterocycles. The number of allylic oxidation sites excluding steroid dienone is 2. The van der Waals surface area contributed by atoms with Gasteiger partial charge in [0.05, 0.1) is 70.0 Å². The van der Waals surface area contributed by atoms with Crippen molar-refractivity contribution in [1.82, 2.24) is 0 Å². The second kappa shape index (κ2) is 26.3. The van der Waals surface area contributed by atoms with Crippen LogP contribution in [0.2, 0.25) is 0 Å². The van der Waals surface area contributed by atoms with E-state index in [-0.39, 0.29) is 29.6 Å². The molecule has 10 fully saturated rings. The SMILES string of the molecule is C[C@H]1O[C@H](O[C@H]2[C@@H](OC(=O)[C@]34CCC(C)(C)C[C@H]3C3=CC[C@H]5[C@]6(C)C[C@@H](O)[C@H](O[C@@H]7O[C@H](CO)[C@H](O)[C@@H](O[C@@H]8OC[C@@H](O)[C@H](O)[C@@H]8O)[C@@H]7O)[C@](C)(CO)[C@H]6CC[C@]5(C)[C@]3(C)CC4)OC[C@@H](O)[C@@H]2O)[C@@H](O)[C@@H](O)[C@H]1O[C@@H]1OC[C@H](O)[C@@H](O[C@H]2OC[C@@](O)(CO)[C@H]2O)[C@H]1O. The molecule has 528 valence electrons. The van der Waals surface area contributed by atoms with Crippen molar-refractivity contribution >= 4 is 5.97 Å². The van der Waals surface area contributed by atoms with E-state index in [1.165, 1.54) is 6.92 Å². The molecule has 0 aromatic rings. The molecule has 0 radical (unpaired) electrons. The van der Waals surface area contributed by atoms with Gasteiger partial charge in [-0.15, -0.1) is 0 Å². The molecule has 30 heteroatoms. The van der Waals surface area contributed by atoms with Gasteiger partial charge in [0.2, 0.25) is 6.29 Å². The van der Waals surface area contributed by atoms with Gasteiger partial charge in [-0.1, -0.05) is 53.2 Å². The molecule has 5 aliphatic carbocycles. The van der Waals surface area contributed by atoms with Gasteiger partial charge in [0, 0.05) is 5.41 Å². The highest BCUT2D eigenvalue weighted by atomic mass is 16.8. The van der Waals surface area contributed by atoms with Crippen molar-refractivity contribution < 1.29 is 148 Å². The highest BCUT2D eigenvalue weighted by Crippen LogP contribution is 2.76. The third kappa shape index (κ3) is 11.9. The van der Waals surface area contributed by atoms with Gasteiger partial charge in [0.1, 0.15) is 103 Å². The van der Waals surface area contributed by atoms with Crippen LogP contribution in [0.5, 0.6) is 0 Å². The molecule has 30 nitrogen and oxygen atoms in total. The number of esters is 1. The predicted molar refractivity (Wildman–Crippen MR) is 305 cm³/mol. The van der Waals surface area contributed by atoms with Gasteiger partial charge in [-0.2, -0.15) is 0 Å². The number of aliphatic hydroxyl groups excluding tert-OH is 16. The zero-order valence-electron chi connectivity index (χ0n) is 53.0. The Kier molecular flexibility index (Phi) is 20.4. The number of rotatable bonds is 15. The fourth-order valence-corrected chi connectivity index (χ4v) is 18.5. The summed E-state index contributed by atoms with van der Waals surface area (Å²) < 4.78 is 70.6. The van der Waals surface area contributed by atoms with Gasteiger partial charge in [-0.25, -0.2) is 0 Å². The molecule has 0 unspecified atom stereocenters. The minimum absolute atomic E-state index is 0.0832. The van der Waals surface area contributed by atoms with Crippen molar-refractivity contribution in [1.29, 1.82) is 0 Å². The summed E-state index contributed by atoms with van der Waals surface area (Å²) in [5.41, 5.74) is -5.06. The summed E-state index contributed by atoms with van der Waals surface area (Å²) in [4.78, 5) is 15.5. The van der Waals surface area contributed by atoms with E-state index >= 15 is 4.79 Å². The summed E-state index contributed by atoms with van der Waals surface area (Å²) in [7, 11) is 0. The largest absolute Gasteiger partial charge is 0.432 e. The second-order valence-corrected chi connectivity index (χ2v) is 30.2. The van der Waals surface area contributed by atoms with Crippen LogP contribution < -0.4 is 0 Å². The summed E-state index contributed by atoms with van der Waals surface area (Å²) in [6, 6.07) is 0. The highest BCUT2D eigenvalue weighted by molar-refractivity contribution is 5.79. The van der Waals surface area contributed by atoms with E-state index in [2.05, 4.69) is 40.7 Å². The minimum Gasteiger partial charge on any atom is -0.432 e. The Morgan fingerprint density at radius 3 is 1.79 bits per heavy atom. The lowest BCUT2D eigenvalue weighted by Gasteiger charge is -2.72. The maximum absolute atomic E-state index is 15.5. The van der Waals surface area contributed by atoms with E-state index in [0.29, 0.717) is 51.4 Å². The third-order valence-electron chi connectivity index (χ3n) is 24.3. The van der Waals surface area contributed by atoms with E-state index in [9.17, 15) is 86.8 Å². The van der Waals surface area contributed by atoms with Crippen LogP contribution >= 0.6 is 0 Å². The van der Waals surface area contributed by atoms with E-state index < -0.39 is 245 Å². The first-order chi connectivity index (χ1) is 43.2. The van der Waals surface area contributed by atoms with Crippen molar-refractivity contribution in [3.63, 3.8) is 0 Å². The Hall–Kier alpha value is -1.91. The van der Waals surface area contributed by atoms with Gasteiger partial charge in [-0.05, 0) is 104 Å². The third-order valence-corrected chi connectivity index (χ3v) is 24.3. The topological polar surface area (TPSA) is 472 Å². The number of aliphatic hydroxyl groups is 17. The lowest BCUT2D eigenvalue weighted by Crippen LogP contribution is -2.70. The lowest BCUT2D eigenvalue weighted by molar-refractivity contribution is -0.372. The molecule has 92 heavy (non-hydrogen) atoms. The van der Waals surface area contributed by atoms with E-state index in [4.69, 9.17) is 56.8 Å². The smallest absolute Gasteiger partial charge is 0.315 e. The molecule has 17 N–H and O–H groups in total. The van der Waals surface area contributed by atoms with Gasteiger partial charge >= 0.3 is 5.97 Å². The molecule has 0 amide bonds. The standard InChI is InChI=1S/C62H100O30/c1-25-43(87-50-41(76)44(31(69)21-82-50)88-54-47(78)62(80,23-65)24-84-54)38(73)40(75)51(85-25)90-46-36(71)30(68)20-83-53(46)92-55(79)61-14-12-56(2,3)16-27(61)26-8-9-34-57(4)17-28(66)48(58(5,22-64)33(57)10-11-60(34,7)59(26,6)13-15-61)91-52-42(77)45(37(72)32(18-63)86-52)89-49-39(74)35(70)29(67)19-81-49/h8,25,27-54,63-78,80H,9-24H2,1-7H3/t25-,27+,28-,29-,30-,31+,32-,33+,34+,35+,36+,37+,38-,39+,40+,41-,42+,43+,44-,45-,46-,47+,48+,49+,50+,51-,52+,53-,54-,57-,58-,59-,60+,61+,62+/m1/s1. The number of fused-ring (bicyclic) bond motifs is 7. The minimum atomic E-state index is -2.07. The van der Waals surface area contributed by atoms with Crippen molar-refractivity contribution in [2.24, 2.45) is 50.2 Å². The van der Waals surface area contributed by atoms with Gasteiger partial charge in [0.25, 0.3) is 0 Å². The van der Waals surface area contributed by atoms with Crippen LogP contribution in [-0.4, -0.2) is 304 Å². The molecular formula is C62H100O30. The van der Waals surface area contributed by atoms with E-state index in [0.717, 1.165) is 5.57 Å². The summed E-state index contributed by atoms with van der Waals surface area (Å²) in [5, 5.41) is 187. The Morgan fingerprint density at radius 1 is 0.543 bits per heavy atom. The Labute approximate surface area is 532 Å². The van der Waals surface area contributed by atoms with E-state index in [1.54, 1.807) is 0 Å². The van der Waals surface area contributed by atoms with Gasteiger partial charge in [0.15, 0.2) is 37.6 Å². The van der Waals surface area contributed by atoms with Gasteiger partial charge < -0.3 is 144 Å². The van der Waals surface area contributed by atoms with Crippen LogP contribution in [0.3, 0.4) is 0 Å². The summed E-state index contributed by atoms with van der Waals surface area (Å²) in [6.45, 7) is 10.3. The number of carbonyl (C=O) groups is 1. The molecule has 0 aromatic carbocycles.